The maximum Gasteiger partial charge on any atom is 0.220 e. The van der Waals surface area contributed by atoms with Crippen LogP contribution in [-0.4, -0.2) is 56.5 Å². The van der Waals surface area contributed by atoms with E-state index in [1.54, 1.807) is 0 Å². The highest BCUT2D eigenvalue weighted by molar-refractivity contribution is 5.96. The molecule has 1 aromatic carbocycles. The Hall–Kier alpha value is -2.28. The number of amides is 1. The number of benzene rings is 1. The summed E-state index contributed by atoms with van der Waals surface area (Å²) in [6.45, 7) is 5.27. The van der Waals surface area contributed by atoms with Gasteiger partial charge in [0, 0.05) is 54.8 Å². The third-order valence-electron chi connectivity index (χ3n) is 7.15. The highest BCUT2D eigenvalue weighted by atomic mass is 19.1. The van der Waals surface area contributed by atoms with Crippen molar-refractivity contribution in [1.29, 1.82) is 0 Å². The van der Waals surface area contributed by atoms with E-state index in [2.05, 4.69) is 46.5 Å². The number of nitrogens with one attached hydrogen (secondary N) is 2. The highest BCUT2D eigenvalue weighted by Crippen LogP contribution is 2.36. The highest BCUT2D eigenvalue weighted by Gasteiger charge is 2.42. The third kappa shape index (κ3) is 4.25. The molecule has 0 aliphatic carbocycles. The fourth-order valence-electron chi connectivity index (χ4n) is 5.15. The first-order valence-electron chi connectivity index (χ1n) is 11.2. The summed E-state index contributed by atoms with van der Waals surface area (Å²) in [6.07, 6.45) is 3.50. The van der Waals surface area contributed by atoms with Crippen LogP contribution in [0.1, 0.15) is 30.4 Å². The Kier molecular flexibility index (Phi) is 6.42. The average Bonchev–Trinajstić information content (AvgIpc) is 3.23. The van der Waals surface area contributed by atoms with Gasteiger partial charge in [0.25, 0.3) is 0 Å². The van der Waals surface area contributed by atoms with Crippen molar-refractivity contribution in [2.45, 2.75) is 39.2 Å². The van der Waals surface area contributed by atoms with Gasteiger partial charge in [0.05, 0.1) is 18.9 Å². The van der Waals surface area contributed by atoms with Crippen LogP contribution < -0.4 is 15.5 Å². The zero-order valence-electron chi connectivity index (χ0n) is 18.4. The molecule has 0 spiro atoms. The Labute approximate surface area is 182 Å². The third-order valence-corrected chi connectivity index (χ3v) is 7.15. The molecule has 31 heavy (non-hydrogen) atoms. The lowest BCUT2D eigenvalue weighted by Crippen LogP contribution is -2.51. The summed E-state index contributed by atoms with van der Waals surface area (Å²) in [5, 5.41) is 7.37. The molecule has 1 aromatic heterocycles. The van der Waals surface area contributed by atoms with Gasteiger partial charge in [0.2, 0.25) is 5.91 Å². The van der Waals surface area contributed by atoms with Crippen LogP contribution >= 0.6 is 0 Å². The van der Waals surface area contributed by atoms with Crippen molar-refractivity contribution in [1.82, 2.24) is 15.6 Å². The van der Waals surface area contributed by atoms with Gasteiger partial charge in [-0.3, -0.25) is 18.6 Å². The fraction of sp³-hybridized carbons (Fsp3) is 0.583. The summed E-state index contributed by atoms with van der Waals surface area (Å²) in [5.74, 6) is -0.368. The molecule has 0 bridgehead atoms. The Bertz CT molecular complexity index is 947. The summed E-state index contributed by atoms with van der Waals surface area (Å²) >= 11 is 0. The number of halogens is 2. The second-order valence-electron chi connectivity index (χ2n) is 9.25. The minimum atomic E-state index is -1.07. The Balaban J connectivity index is 1.43. The molecule has 4 rings (SSSR count). The largest absolute Gasteiger partial charge is 0.369 e. The van der Waals surface area contributed by atoms with Gasteiger partial charge in [0.1, 0.15) is 0 Å². The minimum Gasteiger partial charge on any atom is -0.369 e. The molecule has 168 valence electrons. The van der Waals surface area contributed by atoms with Crippen molar-refractivity contribution in [3.8, 4) is 0 Å². The normalized spacial score (nSPS) is 23.3. The van der Waals surface area contributed by atoms with Gasteiger partial charge in [-0.25, -0.2) is 0 Å². The Morgan fingerprint density at radius 1 is 1.23 bits per heavy atom. The van der Waals surface area contributed by atoms with Gasteiger partial charge in [-0.05, 0) is 62.4 Å². The number of nitrogens with zero attached hydrogens (tertiary/aromatic N) is 2. The van der Waals surface area contributed by atoms with E-state index in [1.165, 1.54) is 10.9 Å². The molecule has 2 aromatic rings. The van der Waals surface area contributed by atoms with Crippen LogP contribution in [0.25, 0.3) is 10.9 Å². The zero-order chi connectivity index (χ0) is 22.0. The quantitative estimate of drug-likeness (QED) is 0.737. The van der Waals surface area contributed by atoms with Crippen molar-refractivity contribution in [2.24, 2.45) is 11.3 Å². The van der Waals surface area contributed by atoms with Gasteiger partial charge in [0.15, 0.2) is 0 Å². The maximum absolute atomic E-state index is 13.6. The molecular weight excluding hydrogens is 398 g/mol. The number of fused-ring (bicyclic) bond motifs is 1. The predicted molar refractivity (Wildman–Crippen MR) is 120 cm³/mol. The van der Waals surface area contributed by atoms with E-state index in [1.807, 2.05) is 12.3 Å². The molecule has 7 heteroatoms. The maximum atomic E-state index is 13.6. The first-order valence-corrected chi connectivity index (χ1v) is 11.2. The first-order chi connectivity index (χ1) is 15.0. The van der Waals surface area contributed by atoms with Crippen LogP contribution in [0.15, 0.2) is 24.4 Å². The van der Waals surface area contributed by atoms with Crippen LogP contribution in [-0.2, 0) is 4.79 Å². The van der Waals surface area contributed by atoms with E-state index >= 15 is 0 Å². The van der Waals surface area contributed by atoms with Crippen molar-refractivity contribution in [3.63, 3.8) is 0 Å². The molecule has 1 unspecified atom stereocenters. The van der Waals surface area contributed by atoms with Crippen LogP contribution in [0.2, 0.25) is 0 Å². The molecule has 0 saturated carbocycles. The number of pyridine rings is 1. The average molecular weight is 431 g/mol. The van der Waals surface area contributed by atoms with Crippen molar-refractivity contribution in [3.05, 3.63) is 35.5 Å². The van der Waals surface area contributed by atoms with E-state index in [4.69, 9.17) is 0 Å². The van der Waals surface area contributed by atoms with Crippen LogP contribution in [0, 0.1) is 25.2 Å². The van der Waals surface area contributed by atoms with Gasteiger partial charge in [-0.15, -0.1) is 0 Å². The first kappa shape index (κ1) is 21.9. The van der Waals surface area contributed by atoms with Crippen LogP contribution in [0.3, 0.4) is 0 Å². The summed E-state index contributed by atoms with van der Waals surface area (Å²) in [5.41, 5.74) is 3.44. The van der Waals surface area contributed by atoms with Gasteiger partial charge >= 0.3 is 0 Å². The summed E-state index contributed by atoms with van der Waals surface area (Å²) in [4.78, 5) is 19.6. The standard InChI is InChI=1S/C24H32F2N4O/c1-16-5-9-28-23-17(2)3-4-20(22(16)23)30-10-7-19(12-30)29-21(31)11-18-6-8-27-15-24(18,13-25)14-26/h3-5,9,18-19,27H,6-8,10-15H2,1-2H3,(H,29,31)/t18-,19?/m0/s1. The van der Waals surface area contributed by atoms with E-state index in [0.29, 0.717) is 19.5 Å². The van der Waals surface area contributed by atoms with E-state index in [0.717, 1.165) is 36.3 Å². The Morgan fingerprint density at radius 3 is 2.81 bits per heavy atom. The van der Waals surface area contributed by atoms with E-state index < -0.39 is 18.8 Å². The second kappa shape index (κ2) is 9.07. The fourth-order valence-corrected chi connectivity index (χ4v) is 5.15. The molecule has 0 radical (unpaired) electrons. The van der Waals surface area contributed by atoms with E-state index in [-0.39, 0.29) is 24.3 Å². The molecule has 5 nitrogen and oxygen atoms in total. The zero-order valence-corrected chi connectivity index (χ0v) is 18.4. The molecular formula is C24H32F2N4O. The molecule has 2 aliphatic rings. The molecule has 2 fully saturated rings. The topological polar surface area (TPSA) is 57.3 Å². The monoisotopic (exact) mass is 430 g/mol. The lowest BCUT2D eigenvalue weighted by Gasteiger charge is -2.40. The number of anilines is 1. The molecule has 2 atom stereocenters. The van der Waals surface area contributed by atoms with Gasteiger partial charge < -0.3 is 15.5 Å². The number of aryl methyl sites for hydroxylation is 2. The summed E-state index contributed by atoms with van der Waals surface area (Å²) < 4.78 is 27.3. The van der Waals surface area contributed by atoms with Gasteiger partial charge in [-0.2, -0.15) is 0 Å². The molecule has 2 saturated heterocycles. The number of alkyl halides is 2. The number of piperidine rings is 1. The predicted octanol–water partition coefficient (Wildman–Crippen LogP) is 3.47. The lowest BCUT2D eigenvalue weighted by atomic mass is 9.71. The number of hydrogen-bond acceptors (Lipinski definition) is 4. The number of carbonyl (C=O) groups excluding carboxylic acids is 1. The van der Waals surface area contributed by atoms with Crippen molar-refractivity contribution in [2.75, 3.05) is 44.4 Å². The second-order valence-corrected chi connectivity index (χ2v) is 9.25. The van der Waals surface area contributed by atoms with Gasteiger partial charge in [-0.1, -0.05) is 6.07 Å². The van der Waals surface area contributed by atoms with Crippen molar-refractivity contribution < 1.29 is 13.6 Å². The minimum absolute atomic E-state index is 0.0349. The lowest BCUT2D eigenvalue weighted by molar-refractivity contribution is -0.124. The summed E-state index contributed by atoms with van der Waals surface area (Å²) in [7, 11) is 0. The smallest absolute Gasteiger partial charge is 0.220 e. The molecule has 2 aliphatic heterocycles. The van der Waals surface area contributed by atoms with Crippen LogP contribution in [0.5, 0.6) is 0 Å². The molecule has 3 heterocycles. The summed E-state index contributed by atoms with van der Waals surface area (Å²) in [6, 6.07) is 6.30. The van der Waals surface area contributed by atoms with Crippen LogP contribution in [0.4, 0.5) is 14.5 Å². The van der Waals surface area contributed by atoms with E-state index in [9.17, 15) is 13.6 Å². The number of aromatic nitrogens is 1. The molecule has 2 N–H and O–H groups in total. The number of rotatable bonds is 6. The number of carbonyl (C=O) groups is 1. The Morgan fingerprint density at radius 2 is 2.03 bits per heavy atom. The SMILES string of the molecule is Cc1ccc(N2CCC(NC(=O)C[C@@H]3CCNCC3(CF)CF)C2)c2c(C)ccnc12. The van der Waals surface area contributed by atoms with Crippen molar-refractivity contribution >= 4 is 22.5 Å². The molecule has 1 amide bonds. The number of hydrogen-bond donors (Lipinski definition) is 2.